The molecule has 3 aromatic rings. The van der Waals surface area contributed by atoms with Gasteiger partial charge in [-0.3, -0.25) is 4.79 Å². The van der Waals surface area contributed by atoms with Crippen LogP contribution in [0.5, 0.6) is 5.75 Å². The van der Waals surface area contributed by atoms with Gasteiger partial charge >= 0.3 is 0 Å². The number of carbonyl (C=O) groups excluding carboxylic acids is 1. The summed E-state index contributed by atoms with van der Waals surface area (Å²) >= 11 is 0. The number of anilines is 1. The number of ether oxygens (including phenoxy) is 1. The summed E-state index contributed by atoms with van der Waals surface area (Å²) in [5.74, 6) is 5.49. The molecule has 0 atom stereocenters. The summed E-state index contributed by atoms with van der Waals surface area (Å²) in [4.78, 5) is 12.6. The number of nitrogens with two attached hydrogens (primary N) is 1. The van der Waals surface area contributed by atoms with E-state index in [9.17, 15) is 4.79 Å². The van der Waals surface area contributed by atoms with Crippen molar-refractivity contribution in [2.45, 2.75) is 6.42 Å². The highest BCUT2D eigenvalue weighted by Gasteiger charge is 2.18. The average Bonchev–Trinajstić information content (AvgIpc) is 3.12. The Balaban J connectivity index is 1.42. The first-order chi connectivity index (χ1) is 14.2. The molecule has 0 saturated carbocycles. The lowest BCUT2D eigenvalue weighted by Gasteiger charge is -2.09. The van der Waals surface area contributed by atoms with Crippen molar-refractivity contribution in [3.63, 3.8) is 0 Å². The number of amidine groups is 1. The van der Waals surface area contributed by atoms with E-state index in [0.717, 1.165) is 12.1 Å². The molecule has 0 radical (unpaired) electrons. The second kappa shape index (κ2) is 7.93. The summed E-state index contributed by atoms with van der Waals surface area (Å²) in [6, 6.07) is 21.1. The number of hydrogen-bond acceptors (Lipinski definition) is 5. The van der Waals surface area contributed by atoms with Crippen LogP contribution in [0, 0.1) is 5.53 Å². The standard InChI is InChI=1S/C22H19N5O2/c23-26-21(27-24)13-29-18-8-5-14(6-9-18)22(28)25-17-7-10-20-16(12-17)11-15-3-1-2-4-19(15)20/h1-10,12,23H,11,13,24H2,(H,25,28)/b26-23?,27-21-. The van der Waals surface area contributed by atoms with Crippen LogP contribution in [-0.2, 0) is 6.42 Å². The van der Waals surface area contributed by atoms with E-state index in [4.69, 9.17) is 16.1 Å². The molecule has 7 nitrogen and oxygen atoms in total. The van der Waals surface area contributed by atoms with Gasteiger partial charge in [0.1, 0.15) is 5.75 Å². The third-order valence-electron chi connectivity index (χ3n) is 4.81. The predicted molar refractivity (Wildman–Crippen MR) is 111 cm³/mol. The van der Waals surface area contributed by atoms with Crippen LogP contribution in [0.3, 0.4) is 0 Å². The molecule has 4 N–H and O–H groups in total. The number of carbonyl (C=O) groups is 1. The number of rotatable bonds is 5. The van der Waals surface area contributed by atoms with E-state index < -0.39 is 0 Å². The Bertz CT molecular complexity index is 1110. The topological polar surface area (TPSA) is 113 Å². The maximum absolute atomic E-state index is 12.6. The lowest BCUT2D eigenvalue weighted by molar-refractivity contribution is 0.102. The number of fused-ring (bicyclic) bond motifs is 3. The van der Waals surface area contributed by atoms with Gasteiger partial charge in [-0.2, -0.15) is 5.10 Å². The molecule has 3 aromatic carbocycles. The van der Waals surface area contributed by atoms with Gasteiger partial charge in [-0.25, -0.2) is 5.53 Å². The van der Waals surface area contributed by atoms with E-state index in [1.165, 1.54) is 22.3 Å². The molecule has 0 spiro atoms. The molecule has 29 heavy (non-hydrogen) atoms. The summed E-state index contributed by atoms with van der Waals surface area (Å²) in [6.07, 6.45) is 0.875. The Hall–Kier alpha value is -4.00. The Morgan fingerprint density at radius 1 is 1.03 bits per heavy atom. The second-order valence-corrected chi connectivity index (χ2v) is 6.63. The van der Waals surface area contributed by atoms with E-state index >= 15 is 0 Å². The molecule has 4 rings (SSSR count). The average molecular weight is 385 g/mol. The van der Waals surface area contributed by atoms with Gasteiger partial charge in [-0.1, -0.05) is 30.3 Å². The van der Waals surface area contributed by atoms with Gasteiger partial charge in [0.15, 0.2) is 6.61 Å². The molecule has 0 aliphatic heterocycles. The maximum atomic E-state index is 12.6. The van der Waals surface area contributed by atoms with Crippen molar-refractivity contribution in [3.8, 4) is 16.9 Å². The Morgan fingerprint density at radius 2 is 1.79 bits per heavy atom. The molecule has 7 heteroatoms. The summed E-state index contributed by atoms with van der Waals surface area (Å²) in [7, 11) is 0. The smallest absolute Gasteiger partial charge is 0.255 e. The molecule has 0 aromatic heterocycles. The van der Waals surface area contributed by atoms with E-state index in [-0.39, 0.29) is 18.3 Å². The van der Waals surface area contributed by atoms with Gasteiger partial charge in [0, 0.05) is 11.3 Å². The fourth-order valence-corrected chi connectivity index (χ4v) is 3.37. The molecule has 1 aliphatic rings. The highest BCUT2D eigenvalue weighted by Crippen LogP contribution is 2.37. The Morgan fingerprint density at radius 3 is 2.55 bits per heavy atom. The van der Waals surface area contributed by atoms with Crippen LogP contribution in [0.1, 0.15) is 21.5 Å². The first-order valence-electron chi connectivity index (χ1n) is 9.07. The van der Waals surface area contributed by atoms with Gasteiger partial charge in [0.05, 0.1) is 0 Å². The van der Waals surface area contributed by atoms with E-state index in [1.54, 1.807) is 24.3 Å². The number of hydrazone groups is 1. The SMILES string of the molecule is N=N/C(COc1ccc(C(=O)Nc2ccc3c(c2)Cc2ccccc2-3)cc1)=N\N. The van der Waals surface area contributed by atoms with Gasteiger partial charge < -0.3 is 15.9 Å². The lowest BCUT2D eigenvalue weighted by Crippen LogP contribution is -2.13. The molecular formula is C22H19N5O2. The number of benzene rings is 3. The third-order valence-corrected chi connectivity index (χ3v) is 4.81. The van der Waals surface area contributed by atoms with Crippen LogP contribution in [0.2, 0.25) is 0 Å². The fourth-order valence-electron chi connectivity index (χ4n) is 3.37. The van der Waals surface area contributed by atoms with Crippen LogP contribution in [0.25, 0.3) is 11.1 Å². The molecular weight excluding hydrogens is 366 g/mol. The normalized spacial score (nSPS) is 12.1. The van der Waals surface area contributed by atoms with Crippen LogP contribution < -0.4 is 15.9 Å². The van der Waals surface area contributed by atoms with E-state index in [1.807, 2.05) is 24.3 Å². The van der Waals surface area contributed by atoms with Crippen LogP contribution in [0.15, 0.2) is 76.9 Å². The van der Waals surface area contributed by atoms with Crippen molar-refractivity contribution in [1.29, 1.82) is 5.53 Å². The second-order valence-electron chi connectivity index (χ2n) is 6.63. The van der Waals surface area contributed by atoms with Crippen molar-refractivity contribution in [2.24, 2.45) is 16.1 Å². The Kier molecular flexibility index (Phi) is 5.03. The quantitative estimate of drug-likeness (QED) is 0.157. The maximum Gasteiger partial charge on any atom is 0.255 e. The molecule has 1 amide bonds. The van der Waals surface area contributed by atoms with Crippen LogP contribution in [-0.4, -0.2) is 18.3 Å². The van der Waals surface area contributed by atoms with Crippen molar-refractivity contribution in [3.05, 3.63) is 83.4 Å². The number of hydrogen-bond donors (Lipinski definition) is 3. The van der Waals surface area contributed by atoms with E-state index in [0.29, 0.717) is 11.3 Å². The minimum Gasteiger partial charge on any atom is -0.485 e. The first kappa shape index (κ1) is 18.4. The van der Waals surface area contributed by atoms with Gasteiger partial charge in [-0.15, -0.1) is 5.11 Å². The monoisotopic (exact) mass is 385 g/mol. The zero-order valence-electron chi connectivity index (χ0n) is 15.6. The van der Waals surface area contributed by atoms with Gasteiger partial charge in [-0.05, 0) is 65.1 Å². The molecule has 0 heterocycles. The molecule has 144 valence electrons. The molecule has 0 saturated heterocycles. The molecule has 0 bridgehead atoms. The summed E-state index contributed by atoms with van der Waals surface area (Å²) < 4.78 is 5.43. The molecule has 0 fully saturated rings. The number of nitrogens with one attached hydrogen (secondary N) is 2. The first-order valence-corrected chi connectivity index (χ1v) is 9.07. The van der Waals surface area contributed by atoms with Gasteiger partial charge in [0.2, 0.25) is 5.84 Å². The predicted octanol–water partition coefficient (Wildman–Crippen LogP) is 4.19. The molecule has 1 aliphatic carbocycles. The highest BCUT2D eigenvalue weighted by atomic mass is 16.5. The fraction of sp³-hybridized carbons (Fsp3) is 0.0909. The lowest BCUT2D eigenvalue weighted by atomic mass is 10.1. The van der Waals surface area contributed by atoms with Gasteiger partial charge in [0.25, 0.3) is 5.91 Å². The number of amides is 1. The van der Waals surface area contributed by atoms with Crippen molar-refractivity contribution >= 4 is 17.4 Å². The van der Waals surface area contributed by atoms with E-state index in [2.05, 4.69) is 33.7 Å². The minimum atomic E-state index is -0.197. The Labute approximate surface area is 167 Å². The zero-order chi connectivity index (χ0) is 20.2. The summed E-state index contributed by atoms with van der Waals surface area (Å²) in [5, 5.41) is 9.41. The summed E-state index contributed by atoms with van der Waals surface area (Å²) in [6.45, 7) is -0.0109. The largest absolute Gasteiger partial charge is 0.485 e. The van der Waals surface area contributed by atoms with Crippen molar-refractivity contribution in [2.75, 3.05) is 11.9 Å². The molecule has 0 unspecified atom stereocenters. The van der Waals surface area contributed by atoms with Crippen molar-refractivity contribution < 1.29 is 9.53 Å². The summed E-state index contributed by atoms with van der Waals surface area (Å²) in [5.41, 5.74) is 13.2. The third kappa shape index (κ3) is 3.84. The van der Waals surface area contributed by atoms with Crippen LogP contribution in [0.4, 0.5) is 5.69 Å². The zero-order valence-corrected chi connectivity index (χ0v) is 15.6. The number of nitrogens with zero attached hydrogens (tertiary/aromatic N) is 2. The minimum absolute atomic E-state index is 0.0109. The van der Waals surface area contributed by atoms with Crippen LogP contribution >= 0.6 is 0 Å². The highest BCUT2D eigenvalue weighted by molar-refractivity contribution is 6.04. The van der Waals surface area contributed by atoms with Crippen molar-refractivity contribution in [1.82, 2.24) is 0 Å².